The lowest BCUT2D eigenvalue weighted by Gasteiger charge is -2.16. The Balaban J connectivity index is 1.28. The van der Waals surface area contributed by atoms with E-state index in [4.69, 9.17) is 0 Å². The van der Waals surface area contributed by atoms with Gasteiger partial charge in [0.05, 0.1) is 0 Å². The van der Waals surface area contributed by atoms with Gasteiger partial charge in [-0.2, -0.15) is 0 Å². The van der Waals surface area contributed by atoms with Crippen LogP contribution < -0.4 is 0 Å². The molecule has 0 saturated heterocycles. The summed E-state index contributed by atoms with van der Waals surface area (Å²) in [5.41, 5.74) is 8.88. The van der Waals surface area contributed by atoms with E-state index in [2.05, 4.69) is 0 Å². The van der Waals surface area contributed by atoms with Gasteiger partial charge in [0.15, 0.2) is 0 Å². The predicted molar refractivity (Wildman–Crippen MR) is 204 cm³/mol. The number of phenols is 6. The molecule has 7 aromatic carbocycles. The molecule has 0 bridgehead atoms. The third-order valence-electron chi connectivity index (χ3n) is 9.58. The van der Waals surface area contributed by atoms with Gasteiger partial charge in [0.2, 0.25) is 0 Å². The van der Waals surface area contributed by atoms with Crippen LogP contribution in [0.3, 0.4) is 0 Å². The summed E-state index contributed by atoms with van der Waals surface area (Å²) >= 11 is 0. The van der Waals surface area contributed by atoms with Gasteiger partial charge in [-0.1, -0.05) is 97.1 Å². The monoisotopic (exact) mass is 686 g/mol. The van der Waals surface area contributed by atoms with Crippen LogP contribution in [0.5, 0.6) is 34.5 Å². The van der Waals surface area contributed by atoms with E-state index in [-0.39, 0.29) is 34.5 Å². The van der Waals surface area contributed by atoms with E-state index in [0.29, 0.717) is 70.2 Å². The van der Waals surface area contributed by atoms with Crippen molar-refractivity contribution in [3.8, 4) is 56.8 Å². The van der Waals surface area contributed by atoms with Gasteiger partial charge in [-0.05, 0) is 115 Å². The molecule has 0 radical (unpaired) electrons. The largest absolute Gasteiger partial charge is 0.508 e. The topological polar surface area (TPSA) is 121 Å². The third-order valence-corrected chi connectivity index (χ3v) is 9.58. The lowest BCUT2D eigenvalue weighted by molar-refractivity contribution is 0.456. The van der Waals surface area contributed by atoms with E-state index < -0.39 is 0 Å². The number of rotatable bonds is 10. The molecule has 0 unspecified atom stereocenters. The van der Waals surface area contributed by atoms with Crippen LogP contribution in [0.1, 0.15) is 44.5 Å². The highest BCUT2D eigenvalue weighted by Crippen LogP contribution is 2.38. The van der Waals surface area contributed by atoms with Crippen molar-refractivity contribution in [1.82, 2.24) is 0 Å². The van der Waals surface area contributed by atoms with Gasteiger partial charge in [-0.25, -0.2) is 0 Å². The van der Waals surface area contributed by atoms with Crippen molar-refractivity contribution in [1.29, 1.82) is 0 Å². The third kappa shape index (κ3) is 7.28. The Morgan fingerprint density at radius 2 is 0.481 bits per heavy atom. The summed E-state index contributed by atoms with van der Waals surface area (Å²) in [6.07, 6.45) is 1.24. The molecular weight excluding hydrogens is 649 g/mol. The first-order valence-corrected chi connectivity index (χ1v) is 17.1. The summed E-state index contributed by atoms with van der Waals surface area (Å²) in [5.74, 6) is 0.830. The molecule has 7 rings (SSSR count). The first kappa shape index (κ1) is 33.8. The zero-order valence-corrected chi connectivity index (χ0v) is 28.4. The van der Waals surface area contributed by atoms with Crippen molar-refractivity contribution < 1.29 is 30.6 Å². The van der Waals surface area contributed by atoms with Crippen molar-refractivity contribution >= 4 is 0 Å². The van der Waals surface area contributed by atoms with Crippen molar-refractivity contribution in [2.24, 2.45) is 0 Å². The molecule has 7 aromatic rings. The van der Waals surface area contributed by atoms with Crippen LogP contribution in [-0.2, 0) is 25.7 Å². The highest BCUT2D eigenvalue weighted by molar-refractivity contribution is 5.74. The highest BCUT2D eigenvalue weighted by atomic mass is 16.3. The van der Waals surface area contributed by atoms with Crippen LogP contribution in [0.25, 0.3) is 22.3 Å². The SMILES string of the molecule is Oc1ccccc1Cc1cc(-c2ccc(-c3cc(Cc4ccccc4O)c(O)c(Cc4ccccc4O)c3)cc2)cc(Cc2ccccc2O)c1O. The minimum Gasteiger partial charge on any atom is -0.508 e. The van der Waals surface area contributed by atoms with Crippen LogP contribution in [-0.4, -0.2) is 30.6 Å². The average molecular weight is 687 g/mol. The molecule has 0 fully saturated rings. The minimum atomic E-state index is 0.116. The van der Waals surface area contributed by atoms with Gasteiger partial charge in [0.25, 0.3) is 0 Å². The van der Waals surface area contributed by atoms with Gasteiger partial charge >= 0.3 is 0 Å². The zero-order valence-electron chi connectivity index (χ0n) is 28.4. The molecular formula is C46H38O6. The molecule has 0 saturated carbocycles. The second-order valence-corrected chi connectivity index (χ2v) is 13.1. The van der Waals surface area contributed by atoms with Crippen molar-refractivity contribution in [3.63, 3.8) is 0 Å². The predicted octanol–water partition coefficient (Wildman–Crippen LogP) is 9.62. The summed E-state index contributed by atoms with van der Waals surface area (Å²) < 4.78 is 0. The lowest BCUT2D eigenvalue weighted by Crippen LogP contribution is -1.98. The van der Waals surface area contributed by atoms with Crippen molar-refractivity contribution in [2.75, 3.05) is 0 Å². The summed E-state index contributed by atoms with van der Waals surface area (Å²) in [6.45, 7) is 0. The van der Waals surface area contributed by atoms with Gasteiger partial charge in [-0.3, -0.25) is 0 Å². The summed E-state index contributed by atoms with van der Waals surface area (Å²) in [4.78, 5) is 0. The fourth-order valence-corrected chi connectivity index (χ4v) is 6.71. The Hall–Kier alpha value is -6.66. The van der Waals surface area contributed by atoms with Gasteiger partial charge in [-0.15, -0.1) is 0 Å². The molecule has 0 aliphatic heterocycles. The summed E-state index contributed by atoms with van der Waals surface area (Å²) in [6, 6.07) is 44.0. The van der Waals surface area contributed by atoms with Crippen LogP contribution in [0.4, 0.5) is 0 Å². The molecule has 0 heterocycles. The molecule has 0 amide bonds. The number of para-hydroxylation sites is 4. The van der Waals surface area contributed by atoms with Crippen LogP contribution in [0.15, 0.2) is 146 Å². The Kier molecular flexibility index (Phi) is 9.54. The summed E-state index contributed by atoms with van der Waals surface area (Å²) in [5, 5.41) is 65.0. The van der Waals surface area contributed by atoms with E-state index in [1.54, 1.807) is 48.5 Å². The van der Waals surface area contributed by atoms with Gasteiger partial charge in [0.1, 0.15) is 34.5 Å². The Bertz CT molecular complexity index is 2070. The quantitative estimate of drug-likeness (QED) is 0.0853. The van der Waals surface area contributed by atoms with E-state index in [0.717, 1.165) is 22.3 Å². The fourth-order valence-electron chi connectivity index (χ4n) is 6.71. The molecule has 6 N–H and O–H groups in total. The molecule has 6 nitrogen and oxygen atoms in total. The zero-order chi connectivity index (χ0) is 36.2. The normalized spacial score (nSPS) is 11.1. The van der Waals surface area contributed by atoms with Crippen LogP contribution >= 0.6 is 0 Å². The number of phenolic OH excluding ortho intramolecular Hbond substituents is 6. The number of hydrogen-bond donors (Lipinski definition) is 6. The number of hydrogen-bond acceptors (Lipinski definition) is 6. The first-order chi connectivity index (χ1) is 25.2. The van der Waals surface area contributed by atoms with Gasteiger partial charge < -0.3 is 30.6 Å². The Labute approximate surface area is 302 Å². The number of benzene rings is 7. The molecule has 0 spiro atoms. The molecule has 0 aliphatic rings. The maximum absolute atomic E-state index is 11.5. The van der Waals surface area contributed by atoms with Crippen molar-refractivity contribution in [3.05, 3.63) is 190 Å². The lowest BCUT2D eigenvalue weighted by atomic mass is 9.90. The fraction of sp³-hybridized carbons (Fsp3) is 0.0870. The van der Waals surface area contributed by atoms with E-state index in [9.17, 15) is 30.6 Å². The summed E-state index contributed by atoms with van der Waals surface area (Å²) in [7, 11) is 0. The second-order valence-electron chi connectivity index (χ2n) is 13.1. The number of aromatic hydroxyl groups is 6. The molecule has 258 valence electrons. The molecule has 52 heavy (non-hydrogen) atoms. The molecule has 0 aromatic heterocycles. The standard InChI is InChI=1S/C46H38O6/c47-41-13-5-1-9-31(41)21-37-25-35(26-38(45(37)51)22-32-10-2-6-14-42(32)48)29-17-19-30(20-18-29)36-27-39(23-33-11-3-7-15-43(33)49)46(52)40(28-36)24-34-12-4-8-16-44(34)50/h1-20,25-28,47-52H,21-24H2. The van der Waals surface area contributed by atoms with Crippen LogP contribution in [0, 0.1) is 0 Å². The van der Waals surface area contributed by atoms with Crippen molar-refractivity contribution in [2.45, 2.75) is 25.7 Å². The molecule has 6 heteroatoms. The smallest absolute Gasteiger partial charge is 0.122 e. The molecule has 0 aliphatic carbocycles. The maximum atomic E-state index is 11.5. The Morgan fingerprint density at radius 1 is 0.250 bits per heavy atom. The van der Waals surface area contributed by atoms with Gasteiger partial charge in [0, 0.05) is 25.7 Å². The Morgan fingerprint density at radius 3 is 0.712 bits per heavy atom. The minimum absolute atomic E-state index is 0.116. The molecule has 0 atom stereocenters. The van der Waals surface area contributed by atoms with E-state index >= 15 is 0 Å². The van der Waals surface area contributed by atoms with E-state index in [1.807, 2.05) is 97.1 Å². The highest BCUT2D eigenvalue weighted by Gasteiger charge is 2.18. The second kappa shape index (κ2) is 14.7. The van der Waals surface area contributed by atoms with E-state index in [1.165, 1.54) is 0 Å². The average Bonchev–Trinajstić information content (AvgIpc) is 3.15. The van der Waals surface area contributed by atoms with Crippen LogP contribution in [0.2, 0.25) is 0 Å². The first-order valence-electron chi connectivity index (χ1n) is 17.1. The maximum Gasteiger partial charge on any atom is 0.122 e.